The van der Waals surface area contributed by atoms with Gasteiger partial charge in [0.1, 0.15) is 5.75 Å². The lowest BCUT2D eigenvalue weighted by Gasteiger charge is -2.26. The lowest BCUT2D eigenvalue weighted by atomic mass is 9.94. The van der Waals surface area contributed by atoms with Crippen molar-refractivity contribution in [2.45, 2.75) is 53.9 Å². The van der Waals surface area contributed by atoms with Gasteiger partial charge in [-0.1, -0.05) is 46.2 Å². The summed E-state index contributed by atoms with van der Waals surface area (Å²) in [5.74, 6) is 1.35. The van der Waals surface area contributed by atoms with Gasteiger partial charge in [-0.3, -0.25) is 0 Å². The normalized spacial score (nSPS) is 12.0. The third-order valence-corrected chi connectivity index (χ3v) is 3.89. The Morgan fingerprint density at radius 2 is 1.95 bits per heavy atom. The van der Waals surface area contributed by atoms with Crippen molar-refractivity contribution in [2.75, 3.05) is 19.7 Å². The van der Waals surface area contributed by atoms with Gasteiger partial charge in [-0.25, -0.2) is 0 Å². The molecule has 1 aromatic carbocycles. The third-order valence-electron chi connectivity index (χ3n) is 3.57. The van der Waals surface area contributed by atoms with Gasteiger partial charge in [-0.05, 0) is 49.1 Å². The van der Waals surface area contributed by atoms with Gasteiger partial charge in [0.15, 0.2) is 0 Å². The summed E-state index contributed by atoms with van der Waals surface area (Å²) in [6, 6.07) is 4.10. The van der Waals surface area contributed by atoms with E-state index in [9.17, 15) is 0 Å². The van der Waals surface area contributed by atoms with Crippen molar-refractivity contribution in [1.29, 1.82) is 0 Å². The van der Waals surface area contributed by atoms with Crippen LogP contribution in [0, 0.1) is 12.3 Å². The van der Waals surface area contributed by atoms with Gasteiger partial charge in [0.25, 0.3) is 0 Å². The second kappa shape index (κ2) is 8.05. The van der Waals surface area contributed by atoms with Crippen LogP contribution in [0.4, 0.5) is 0 Å². The minimum absolute atomic E-state index is 0.110. The van der Waals surface area contributed by atoms with E-state index in [0.717, 1.165) is 41.4 Å². The molecule has 0 atom stereocenters. The second-order valence-electron chi connectivity index (χ2n) is 6.92. The zero-order chi connectivity index (χ0) is 16.0. The predicted octanol–water partition coefficient (Wildman–Crippen LogP) is 5.18. The molecular formula is C18H30ClNO. The van der Waals surface area contributed by atoms with E-state index in [4.69, 9.17) is 16.3 Å². The molecule has 0 aromatic heterocycles. The quantitative estimate of drug-likeness (QED) is 0.668. The summed E-state index contributed by atoms with van der Waals surface area (Å²) in [5.41, 5.74) is 2.36. The topological polar surface area (TPSA) is 21.3 Å². The Morgan fingerprint density at radius 3 is 2.52 bits per heavy atom. The van der Waals surface area contributed by atoms with Gasteiger partial charge in [-0.15, -0.1) is 0 Å². The molecule has 0 amide bonds. The van der Waals surface area contributed by atoms with Gasteiger partial charge < -0.3 is 10.1 Å². The summed E-state index contributed by atoms with van der Waals surface area (Å²) in [7, 11) is 0. The number of nitrogens with one attached hydrogen (secondary N) is 1. The highest BCUT2D eigenvalue weighted by atomic mass is 35.5. The molecule has 0 aliphatic carbocycles. The van der Waals surface area contributed by atoms with Crippen LogP contribution in [-0.2, 0) is 0 Å². The molecule has 0 radical (unpaired) electrons. The fourth-order valence-electron chi connectivity index (χ4n) is 2.19. The van der Waals surface area contributed by atoms with Gasteiger partial charge >= 0.3 is 0 Å². The SMILES string of the molecule is CCCNCC(C)(C)COc1cc(C(C)C)c(Cl)cc1C. The maximum atomic E-state index is 6.31. The van der Waals surface area contributed by atoms with Crippen LogP contribution in [0.25, 0.3) is 0 Å². The molecule has 0 heterocycles. The van der Waals surface area contributed by atoms with Crippen molar-refractivity contribution >= 4 is 11.6 Å². The first kappa shape index (κ1) is 18.3. The summed E-state index contributed by atoms with van der Waals surface area (Å²) in [6.07, 6.45) is 1.16. The second-order valence-corrected chi connectivity index (χ2v) is 7.33. The lowest BCUT2D eigenvalue weighted by Crippen LogP contribution is -2.34. The Kier molecular flexibility index (Phi) is 7.02. The number of rotatable bonds is 8. The van der Waals surface area contributed by atoms with Crippen LogP contribution in [0.1, 0.15) is 58.1 Å². The van der Waals surface area contributed by atoms with Crippen LogP contribution in [0.5, 0.6) is 5.75 Å². The van der Waals surface area contributed by atoms with Crippen molar-refractivity contribution in [3.8, 4) is 5.75 Å². The molecule has 1 N–H and O–H groups in total. The standard InChI is InChI=1S/C18H30ClNO/c1-7-8-20-11-18(5,6)12-21-17-10-15(13(2)3)16(19)9-14(17)4/h9-10,13,20H,7-8,11-12H2,1-6H3. The molecule has 1 rings (SSSR count). The Balaban J connectivity index is 2.72. The zero-order valence-electron chi connectivity index (χ0n) is 14.3. The molecule has 3 heteroatoms. The van der Waals surface area contributed by atoms with E-state index >= 15 is 0 Å². The number of aryl methyl sites for hydroxylation is 1. The highest BCUT2D eigenvalue weighted by Crippen LogP contribution is 2.32. The molecule has 0 fully saturated rings. The van der Waals surface area contributed by atoms with Crippen LogP contribution < -0.4 is 10.1 Å². The summed E-state index contributed by atoms with van der Waals surface area (Å²) in [4.78, 5) is 0. The molecule has 0 aliphatic rings. The minimum Gasteiger partial charge on any atom is -0.493 e. The van der Waals surface area contributed by atoms with Crippen molar-refractivity contribution in [2.24, 2.45) is 5.41 Å². The Labute approximate surface area is 135 Å². The van der Waals surface area contributed by atoms with Crippen molar-refractivity contribution in [3.63, 3.8) is 0 Å². The molecule has 21 heavy (non-hydrogen) atoms. The van der Waals surface area contributed by atoms with E-state index in [1.807, 2.05) is 13.0 Å². The van der Waals surface area contributed by atoms with E-state index in [2.05, 4.69) is 46.0 Å². The van der Waals surface area contributed by atoms with Crippen molar-refractivity contribution < 1.29 is 4.74 Å². The molecule has 0 unspecified atom stereocenters. The van der Waals surface area contributed by atoms with Crippen LogP contribution in [-0.4, -0.2) is 19.7 Å². The predicted molar refractivity (Wildman–Crippen MR) is 92.7 cm³/mol. The van der Waals surface area contributed by atoms with E-state index in [-0.39, 0.29) is 5.41 Å². The van der Waals surface area contributed by atoms with E-state index < -0.39 is 0 Å². The largest absolute Gasteiger partial charge is 0.493 e. The number of benzene rings is 1. The number of halogens is 1. The Hall–Kier alpha value is -0.730. The van der Waals surface area contributed by atoms with Crippen LogP contribution in [0.15, 0.2) is 12.1 Å². The number of hydrogen-bond donors (Lipinski definition) is 1. The smallest absolute Gasteiger partial charge is 0.122 e. The fraction of sp³-hybridized carbons (Fsp3) is 0.667. The van der Waals surface area contributed by atoms with E-state index in [1.54, 1.807) is 0 Å². The van der Waals surface area contributed by atoms with Crippen LogP contribution in [0.3, 0.4) is 0 Å². The molecule has 0 saturated heterocycles. The average Bonchev–Trinajstić information content (AvgIpc) is 2.37. The van der Waals surface area contributed by atoms with Crippen molar-refractivity contribution in [1.82, 2.24) is 5.32 Å². The first-order valence-corrected chi connectivity index (χ1v) is 8.28. The summed E-state index contributed by atoms with van der Waals surface area (Å²) in [6.45, 7) is 15.7. The first-order valence-electron chi connectivity index (χ1n) is 7.90. The minimum atomic E-state index is 0.110. The van der Waals surface area contributed by atoms with Crippen LogP contribution >= 0.6 is 11.6 Å². The maximum absolute atomic E-state index is 6.31. The molecule has 2 nitrogen and oxygen atoms in total. The first-order chi connectivity index (χ1) is 9.76. The molecule has 0 saturated carbocycles. The van der Waals surface area contributed by atoms with Gasteiger partial charge in [0.2, 0.25) is 0 Å². The summed E-state index contributed by atoms with van der Waals surface area (Å²) in [5, 5.41) is 4.30. The highest BCUT2D eigenvalue weighted by Gasteiger charge is 2.19. The fourth-order valence-corrected chi connectivity index (χ4v) is 2.63. The Morgan fingerprint density at radius 1 is 1.29 bits per heavy atom. The van der Waals surface area contributed by atoms with Gasteiger partial charge in [-0.2, -0.15) is 0 Å². The summed E-state index contributed by atoms with van der Waals surface area (Å²) < 4.78 is 6.08. The van der Waals surface area contributed by atoms with Gasteiger partial charge in [0, 0.05) is 17.0 Å². The third kappa shape index (κ3) is 5.88. The monoisotopic (exact) mass is 311 g/mol. The zero-order valence-corrected chi connectivity index (χ0v) is 15.1. The number of hydrogen-bond acceptors (Lipinski definition) is 2. The Bertz CT molecular complexity index is 455. The molecule has 0 bridgehead atoms. The molecule has 120 valence electrons. The number of ether oxygens (including phenoxy) is 1. The van der Waals surface area contributed by atoms with Crippen molar-refractivity contribution in [3.05, 3.63) is 28.3 Å². The molecule has 1 aromatic rings. The van der Waals surface area contributed by atoms with Crippen LogP contribution in [0.2, 0.25) is 5.02 Å². The molecular weight excluding hydrogens is 282 g/mol. The summed E-state index contributed by atoms with van der Waals surface area (Å²) >= 11 is 6.31. The maximum Gasteiger partial charge on any atom is 0.122 e. The molecule has 0 aliphatic heterocycles. The lowest BCUT2D eigenvalue weighted by molar-refractivity contribution is 0.175. The van der Waals surface area contributed by atoms with E-state index in [1.165, 1.54) is 0 Å². The average molecular weight is 312 g/mol. The molecule has 0 spiro atoms. The van der Waals surface area contributed by atoms with E-state index in [0.29, 0.717) is 12.5 Å². The highest BCUT2D eigenvalue weighted by molar-refractivity contribution is 6.31. The van der Waals surface area contributed by atoms with Gasteiger partial charge in [0.05, 0.1) is 6.61 Å².